The first-order chi connectivity index (χ1) is 13.4. The third-order valence-corrected chi connectivity index (χ3v) is 4.26. The second-order valence-corrected chi connectivity index (χ2v) is 7.00. The Labute approximate surface area is 166 Å². The Hall–Kier alpha value is -2.88. The molecular weight excluding hydrogens is 354 g/mol. The number of ether oxygens (including phenoxy) is 1. The Morgan fingerprint density at radius 1 is 1.18 bits per heavy atom. The molecule has 1 unspecified atom stereocenters. The van der Waals surface area contributed by atoms with Gasteiger partial charge >= 0.3 is 0 Å². The molecule has 0 spiro atoms. The second kappa shape index (κ2) is 10.5. The highest BCUT2D eigenvalue weighted by Gasteiger charge is 2.16. The van der Waals surface area contributed by atoms with Crippen LogP contribution in [0, 0.1) is 11.3 Å². The Morgan fingerprint density at radius 3 is 2.36 bits per heavy atom. The number of anilines is 1. The summed E-state index contributed by atoms with van der Waals surface area (Å²) >= 11 is 0. The van der Waals surface area contributed by atoms with Crippen LogP contribution < -0.4 is 10.1 Å². The maximum absolute atomic E-state index is 11.0. The Balaban J connectivity index is 1.86. The quantitative estimate of drug-likeness (QED) is 0.697. The molecule has 2 rings (SSSR count). The van der Waals surface area contributed by atoms with Crippen molar-refractivity contribution in [1.29, 1.82) is 5.26 Å². The van der Waals surface area contributed by atoms with E-state index in [0.29, 0.717) is 30.1 Å². The monoisotopic (exact) mass is 381 g/mol. The van der Waals surface area contributed by atoms with Gasteiger partial charge in [-0.3, -0.25) is 9.69 Å². The van der Waals surface area contributed by atoms with Gasteiger partial charge in [0, 0.05) is 31.7 Å². The van der Waals surface area contributed by atoms with E-state index in [4.69, 9.17) is 10.00 Å². The Bertz CT molecular complexity index is 795. The molecule has 0 bridgehead atoms. The number of hydrogen-bond donors (Lipinski definition) is 2. The largest absolute Gasteiger partial charge is 0.491 e. The fourth-order valence-corrected chi connectivity index (χ4v) is 2.73. The van der Waals surface area contributed by atoms with Gasteiger partial charge in [-0.1, -0.05) is 12.1 Å². The summed E-state index contributed by atoms with van der Waals surface area (Å²) in [6, 6.07) is 16.9. The van der Waals surface area contributed by atoms with Gasteiger partial charge in [0.15, 0.2) is 0 Å². The van der Waals surface area contributed by atoms with Crippen molar-refractivity contribution >= 4 is 11.6 Å². The van der Waals surface area contributed by atoms with Gasteiger partial charge in [-0.15, -0.1) is 0 Å². The van der Waals surface area contributed by atoms with Gasteiger partial charge < -0.3 is 15.2 Å². The smallest absolute Gasteiger partial charge is 0.221 e. The SMILES string of the molecule is CC(=O)Nc1ccc(OCC(O)CN(Cc2ccc(C#N)cc2)C(C)C)cc1. The third kappa shape index (κ3) is 7.03. The molecule has 0 saturated heterocycles. The number of nitrogens with one attached hydrogen (secondary N) is 1. The molecule has 0 heterocycles. The van der Waals surface area contributed by atoms with E-state index in [1.165, 1.54) is 6.92 Å². The third-order valence-electron chi connectivity index (χ3n) is 4.26. The Kier molecular flexibility index (Phi) is 8.00. The van der Waals surface area contributed by atoms with E-state index in [9.17, 15) is 9.90 Å². The predicted octanol–water partition coefficient (Wildman–Crippen LogP) is 3.17. The van der Waals surface area contributed by atoms with E-state index >= 15 is 0 Å². The number of nitrogens with zero attached hydrogens (tertiary/aromatic N) is 2. The fraction of sp³-hybridized carbons (Fsp3) is 0.364. The minimum Gasteiger partial charge on any atom is -0.491 e. The van der Waals surface area contributed by atoms with Crippen molar-refractivity contribution in [3.05, 3.63) is 59.7 Å². The molecule has 2 aromatic rings. The average Bonchev–Trinajstić information content (AvgIpc) is 2.67. The molecule has 0 aliphatic heterocycles. The highest BCUT2D eigenvalue weighted by molar-refractivity contribution is 5.88. The van der Waals surface area contributed by atoms with Crippen molar-refractivity contribution in [2.24, 2.45) is 0 Å². The molecule has 0 aliphatic carbocycles. The summed E-state index contributed by atoms with van der Waals surface area (Å²) in [5, 5.41) is 22.0. The molecule has 1 amide bonds. The molecule has 1 atom stereocenters. The normalized spacial score (nSPS) is 11.9. The summed E-state index contributed by atoms with van der Waals surface area (Å²) in [4.78, 5) is 13.2. The minimum absolute atomic E-state index is 0.125. The summed E-state index contributed by atoms with van der Waals surface area (Å²) in [6.45, 7) is 6.96. The van der Waals surface area contributed by atoms with Crippen molar-refractivity contribution < 1.29 is 14.6 Å². The molecule has 2 N–H and O–H groups in total. The van der Waals surface area contributed by atoms with Crippen molar-refractivity contribution in [3.8, 4) is 11.8 Å². The lowest BCUT2D eigenvalue weighted by atomic mass is 10.1. The number of aliphatic hydroxyl groups excluding tert-OH is 1. The number of rotatable bonds is 9. The average molecular weight is 381 g/mol. The number of aliphatic hydroxyl groups is 1. The highest BCUT2D eigenvalue weighted by Crippen LogP contribution is 2.16. The number of hydrogen-bond acceptors (Lipinski definition) is 5. The van der Waals surface area contributed by atoms with Gasteiger partial charge in [-0.05, 0) is 55.8 Å². The van der Waals surface area contributed by atoms with Gasteiger partial charge in [-0.25, -0.2) is 0 Å². The van der Waals surface area contributed by atoms with Crippen LogP contribution >= 0.6 is 0 Å². The molecular formula is C22H27N3O3. The van der Waals surface area contributed by atoms with E-state index in [1.54, 1.807) is 36.4 Å². The van der Waals surface area contributed by atoms with Gasteiger partial charge in [0.25, 0.3) is 0 Å². The first-order valence-corrected chi connectivity index (χ1v) is 9.29. The molecule has 6 heteroatoms. The number of benzene rings is 2. The summed E-state index contributed by atoms with van der Waals surface area (Å²) in [7, 11) is 0. The standard InChI is InChI=1S/C22H27N3O3/c1-16(2)25(13-19-6-4-18(12-23)5-7-19)14-21(27)15-28-22-10-8-20(9-11-22)24-17(3)26/h4-11,16,21,27H,13-15H2,1-3H3,(H,24,26). The van der Waals surface area contributed by atoms with E-state index in [2.05, 4.69) is 30.1 Å². The topological polar surface area (TPSA) is 85.6 Å². The summed E-state index contributed by atoms with van der Waals surface area (Å²) in [5.74, 6) is 0.511. The molecule has 6 nitrogen and oxygen atoms in total. The molecule has 28 heavy (non-hydrogen) atoms. The predicted molar refractivity (Wildman–Crippen MR) is 109 cm³/mol. The summed E-state index contributed by atoms with van der Waals surface area (Å²) in [6.07, 6.45) is -0.643. The summed E-state index contributed by atoms with van der Waals surface area (Å²) in [5.41, 5.74) is 2.43. The van der Waals surface area contributed by atoms with Crippen LogP contribution in [0.4, 0.5) is 5.69 Å². The zero-order valence-electron chi connectivity index (χ0n) is 16.6. The van der Waals surface area contributed by atoms with Crippen molar-refractivity contribution in [2.45, 2.75) is 39.5 Å². The van der Waals surface area contributed by atoms with Crippen molar-refractivity contribution in [3.63, 3.8) is 0 Å². The number of amides is 1. The van der Waals surface area contributed by atoms with Crippen LogP contribution in [0.2, 0.25) is 0 Å². The zero-order chi connectivity index (χ0) is 20.5. The maximum Gasteiger partial charge on any atom is 0.221 e. The first kappa shape index (κ1) is 21.4. The zero-order valence-corrected chi connectivity index (χ0v) is 16.6. The van der Waals surface area contributed by atoms with Crippen molar-refractivity contribution in [2.75, 3.05) is 18.5 Å². The lowest BCUT2D eigenvalue weighted by Gasteiger charge is -2.28. The van der Waals surface area contributed by atoms with Crippen LogP contribution in [0.15, 0.2) is 48.5 Å². The van der Waals surface area contributed by atoms with E-state index in [-0.39, 0.29) is 18.6 Å². The van der Waals surface area contributed by atoms with Gasteiger partial charge in [0.2, 0.25) is 5.91 Å². The van der Waals surface area contributed by atoms with Crippen molar-refractivity contribution in [1.82, 2.24) is 4.90 Å². The van der Waals surface area contributed by atoms with Gasteiger partial charge in [0.1, 0.15) is 18.5 Å². The molecule has 0 saturated carbocycles. The van der Waals surface area contributed by atoms with Crippen LogP contribution in [0.25, 0.3) is 0 Å². The second-order valence-electron chi connectivity index (χ2n) is 7.00. The van der Waals surface area contributed by atoms with E-state index < -0.39 is 6.10 Å². The summed E-state index contributed by atoms with van der Waals surface area (Å²) < 4.78 is 5.66. The molecule has 2 aromatic carbocycles. The van der Waals surface area contributed by atoms with Crippen LogP contribution in [0.3, 0.4) is 0 Å². The molecule has 0 radical (unpaired) electrons. The van der Waals surface area contributed by atoms with Gasteiger partial charge in [-0.2, -0.15) is 5.26 Å². The lowest BCUT2D eigenvalue weighted by molar-refractivity contribution is -0.114. The van der Waals surface area contributed by atoms with E-state index in [1.807, 2.05) is 12.1 Å². The number of carbonyl (C=O) groups is 1. The number of nitriles is 1. The first-order valence-electron chi connectivity index (χ1n) is 9.29. The molecule has 0 aliphatic rings. The van der Waals surface area contributed by atoms with E-state index in [0.717, 1.165) is 5.56 Å². The Morgan fingerprint density at radius 2 is 1.82 bits per heavy atom. The number of carbonyl (C=O) groups excluding carboxylic acids is 1. The fourth-order valence-electron chi connectivity index (χ4n) is 2.73. The molecule has 0 fully saturated rings. The minimum atomic E-state index is -0.643. The molecule has 148 valence electrons. The van der Waals surface area contributed by atoms with Crippen LogP contribution in [0.1, 0.15) is 31.9 Å². The maximum atomic E-state index is 11.0. The van der Waals surface area contributed by atoms with Crippen LogP contribution in [-0.4, -0.2) is 41.2 Å². The highest BCUT2D eigenvalue weighted by atomic mass is 16.5. The van der Waals surface area contributed by atoms with Crippen LogP contribution in [0.5, 0.6) is 5.75 Å². The molecule has 0 aromatic heterocycles. The van der Waals surface area contributed by atoms with Crippen LogP contribution in [-0.2, 0) is 11.3 Å². The van der Waals surface area contributed by atoms with Gasteiger partial charge in [0.05, 0.1) is 11.6 Å². The lowest BCUT2D eigenvalue weighted by Crippen LogP contribution is -2.39.